The first-order valence-electron chi connectivity index (χ1n) is 15.8. The van der Waals surface area contributed by atoms with Crippen LogP contribution in [0.25, 0.3) is 0 Å². The SMILES string of the molecule is CO[C@H](CF)CN(CCCCc1ccc2c(n1)NCCC2)CC[C@H](NC(=O)C1(c2cnn3c2CC(C)(C)C3)CC1)C(=O)O. The average Bonchev–Trinajstić information content (AvgIpc) is 3.62. The summed E-state index contributed by atoms with van der Waals surface area (Å²) in [7, 11) is 1.49. The maximum atomic E-state index is 13.6. The first-order chi connectivity index (χ1) is 20.6. The lowest BCUT2D eigenvalue weighted by Crippen LogP contribution is -2.47. The zero-order valence-electron chi connectivity index (χ0n) is 25.8. The van der Waals surface area contributed by atoms with Crippen LogP contribution < -0.4 is 10.6 Å². The Morgan fingerprint density at radius 3 is 2.79 bits per heavy atom. The van der Waals surface area contributed by atoms with Gasteiger partial charge in [0, 0.05) is 50.2 Å². The Morgan fingerprint density at radius 1 is 1.26 bits per heavy atom. The number of aryl methyl sites for hydroxylation is 2. The van der Waals surface area contributed by atoms with Gasteiger partial charge in [-0.3, -0.25) is 9.48 Å². The Morgan fingerprint density at radius 2 is 2.07 bits per heavy atom. The monoisotopic (exact) mass is 598 g/mol. The summed E-state index contributed by atoms with van der Waals surface area (Å²) in [6.45, 7) is 6.97. The Balaban J connectivity index is 1.16. The van der Waals surface area contributed by atoms with E-state index in [1.54, 1.807) is 6.20 Å². The second-order valence-electron chi connectivity index (χ2n) is 13.3. The molecule has 4 heterocycles. The summed E-state index contributed by atoms with van der Waals surface area (Å²) in [4.78, 5) is 32.6. The van der Waals surface area contributed by atoms with Gasteiger partial charge in [0.05, 0.1) is 17.7 Å². The number of carbonyl (C=O) groups is 2. The minimum absolute atomic E-state index is 0.0892. The van der Waals surface area contributed by atoms with Crippen LogP contribution in [0.4, 0.5) is 10.2 Å². The zero-order valence-corrected chi connectivity index (χ0v) is 25.8. The van der Waals surface area contributed by atoms with Gasteiger partial charge in [-0.2, -0.15) is 5.10 Å². The van der Waals surface area contributed by atoms with Crippen LogP contribution in [0.1, 0.15) is 74.9 Å². The third-order valence-electron chi connectivity index (χ3n) is 9.29. The number of methoxy groups -OCH3 is 1. The lowest BCUT2D eigenvalue weighted by Gasteiger charge is -2.27. The van der Waals surface area contributed by atoms with Crippen molar-refractivity contribution in [2.75, 3.05) is 45.3 Å². The van der Waals surface area contributed by atoms with Gasteiger partial charge >= 0.3 is 5.97 Å². The highest BCUT2D eigenvalue weighted by Gasteiger charge is 2.55. The highest BCUT2D eigenvalue weighted by Crippen LogP contribution is 2.51. The zero-order chi connectivity index (χ0) is 30.6. The molecule has 2 aliphatic heterocycles. The largest absolute Gasteiger partial charge is 0.480 e. The first-order valence-corrected chi connectivity index (χ1v) is 15.8. The third-order valence-corrected chi connectivity index (χ3v) is 9.29. The van der Waals surface area contributed by atoms with Crippen LogP contribution in [0.3, 0.4) is 0 Å². The second kappa shape index (κ2) is 13.3. The molecule has 2 aromatic heterocycles. The van der Waals surface area contributed by atoms with Gasteiger partial charge in [0.25, 0.3) is 0 Å². The fraction of sp³-hybridized carbons (Fsp3) is 0.688. The van der Waals surface area contributed by atoms with Gasteiger partial charge in [-0.1, -0.05) is 19.9 Å². The van der Waals surface area contributed by atoms with E-state index >= 15 is 0 Å². The quantitative estimate of drug-likeness (QED) is 0.251. The Hall–Kier alpha value is -3.05. The highest BCUT2D eigenvalue weighted by atomic mass is 19.1. The van der Waals surface area contributed by atoms with E-state index in [1.807, 2.05) is 4.68 Å². The standard InChI is InChI=1S/C32H47FN6O4/c1-31(2)17-27-25(19-35-39(27)21-31)32(12-13-32)30(42)37-26(29(40)41)11-16-38(20-24(18-33)43-3)15-5-4-8-23-10-9-22-7-6-14-34-28(22)36-23/h9-10,19,24,26H,4-8,11-18,20-21H2,1-3H3,(H,34,36)(H,37,42)(H,40,41)/t24-,26+/m1/s1. The van der Waals surface area contributed by atoms with Gasteiger partial charge in [0.2, 0.25) is 5.91 Å². The van der Waals surface area contributed by atoms with Crippen molar-refractivity contribution in [2.45, 2.75) is 95.7 Å². The number of anilines is 1. The Bertz CT molecular complexity index is 1290. The first kappa shape index (κ1) is 31.4. The average molecular weight is 599 g/mol. The van der Waals surface area contributed by atoms with E-state index < -0.39 is 30.2 Å². The lowest BCUT2D eigenvalue weighted by molar-refractivity contribution is -0.142. The number of aliphatic carboxylic acids is 1. The van der Waals surface area contributed by atoms with E-state index in [1.165, 1.54) is 12.7 Å². The van der Waals surface area contributed by atoms with Crippen LogP contribution in [0.15, 0.2) is 18.3 Å². The van der Waals surface area contributed by atoms with E-state index in [0.717, 1.165) is 74.4 Å². The maximum absolute atomic E-state index is 13.6. The number of nitrogens with one attached hydrogen (secondary N) is 2. The van der Waals surface area contributed by atoms with Crippen molar-refractivity contribution in [3.05, 3.63) is 40.8 Å². The minimum Gasteiger partial charge on any atom is -0.480 e. The number of aromatic nitrogens is 3. The van der Waals surface area contributed by atoms with Gasteiger partial charge in [0.15, 0.2) is 0 Å². The van der Waals surface area contributed by atoms with Crippen molar-refractivity contribution < 1.29 is 23.8 Å². The van der Waals surface area contributed by atoms with Crippen molar-refractivity contribution in [3.8, 4) is 0 Å². The summed E-state index contributed by atoms with van der Waals surface area (Å²) >= 11 is 0. The van der Waals surface area contributed by atoms with E-state index in [9.17, 15) is 19.1 Å². The predicted octanol–water partition coefficient (Wildman–Crippen LogP) is 3.52. The van der Waals surface area contributed by atoms with Gasteiger partial charge in [-0.15, -0.1) is 0 Å². The Labute approximate surface area is 253 Å². The predicted molar refractivity (Wildman–Crippen MR) is 162 cm³/mol. The number of nitrogens with zero attached hydrogens (tertiary/aromatic N) is 4. The van der Waals surface area contributed by atoms with Gasteiger partial charge in [-0.25, -0.2) is 14.2 Å². The number of carbonyl (C=O) groups excluding carboxylic acids is 1. The summed E-state index contributed by atoms with van der Waals surface area (Å²) in [6.07, 6.45) is 8.45. The highest BCUT2D eigenvalue weighted by molar-refractivity contribution is 5.94. The molecule has 10 nitrogen and oxygen atoms in total. The lowest BCUT2D eigenvalue weighted by atomic mass is 9.87. The molecule has 1 fully saturated rings. The summed E-state index contributed by atoms with van der Waals surface area (Å²) in [5.74, 6) is -0.309. The number of alkyl halides is 1. The van der Waals surface area contributed by atoms with E-state index in [-0.39, 0.29) is 17.7 Å². The fourth-order valence-electron chi connectivity index (χ4n) is 6.58. The number of carboxylic acid groups (broad SMARTS) is 1. The van der Waals surface area contributed by atoms with Crippen molar-refractivity contribution in [1.82, 2.24) is 25.0 Å². The van der Waals surface area contributed by atoms with Crippen molar-refractivity contribution in [1.29, 1.82) is 0 Å². The fourth-order valence-corrected chi connectivity index (χ4v) is 6.58. The number of unbranched alkanes of at least 4 members (excludes halogenated alkanes) is 1. The van der Waals surface area contributed by atoms with Crippen molar-refractivity contribution in [3.63, 3.8) is 0 Å². The minimum atomic E-state index is -1.06. The van der Waals surface area contributed by atoms with Crippen molar-refractivity contribution >= 4 is 17.7 Å². The normalized spacial score (nSPS) is 19.3. The molecule has 2 atom stereocenters. The molecule has 0 aromatic carbocycles. The van der Waals surface area contributed by atoms with Gasteiger partial charge < -0.3 is 25.4 Å². The van der Waals surface area contributed by atoms with Crippen LogP contribution in [-0.4, -0.2) is 88.8 Å². The summed E-state index contributed by atoms with van der Waals surface area (Å²) in [5.41, 5.74) is 3.74. The molecule has 0 spiro atoms. The summed E-state index contributed by atoms with van der Waals surface area (Å²) < 4.78 is 20.8. The van der Waals surface area contributed by atoms with Crippen LogP contribution in [0.5, 0.6) is 0 Å². The third kappa shape index (κ3) is 7.37. The molecule has 0 unspecified atom stereocenters. The number of ether oxygens (including phenoxy) is 1. The number of halogens is 1. The Kier molecular flexibility index (Phi) is 9.70. The molecule has 0 bridgehead atoms. The molecule has 5 rings (SSSR count). The second-order valence-corrected chi connectivity index (χ2v) is 13.3. The van der Waals surface area contributed by atoms with Crippen LogP contribution in [0, 0.1) is 5.41 Å². The molecule has 1 amide bonds. The number of fused-ring (bicyclic) bond motifs is 2. The van der Waals surface area contributed by atoms with Crippen LogP contribution >= 0.6 is 0 Å². The summed E-state index contributed by atoms with van der Waals surface area (Å²) in [6, 6.07) is 3.22. The number of pyridine rings is 1. The number of carboxylic acids is 1. The van der Waals surface area contributed by atoms with Gasteiger partial charge in [0.1, 0.15) is 18.5 Å². The molecular weight excluding hydrogens is 551 g/mol. The molecule has 43 heavy (non-hydrogen) atoms. The van der Waals surface area contributed by atoms with E-state index in [4.69, 9.17) is 9.72 Å². The molecule has 2 aromatic rings. The van der Waals surface area contributed by atoms with Crippen molar-refractivity contribution in [2.24, 2.45) is 5.41 Å². The van der Waals surface area contributed by atoms with Crippen LogP contribution in [-0.2, 0) is 45.5 Å². The molecule has 0 saturated heterocycles. The van der Waals surface area contributed by atoms with E-state index in [0.29, 0.717) is 32.5 Å². The molecule has 11 heteroatoms. The molecule has 1 aliphatic carbocycles. The van der Waals surface area contributed by atoms with Crippen LogP contribution in [0.2, 0.25) is 0 Å². The summed E-state index contributed by atoms with van der Waals surface area (Å²) in [5, 5.41) is 20.8. The number of rotatable bonds is 16. The smallest absolute Gasteiger partial charge is 0.326 e. The maximum Gasteiger partial charge on any atom is 0.326 e. The molecule has 3 N–H and O–H groups in total. The molecule has 236 valence electrons. The molecule has 0 radical (unpaired) electrons. The molecule has 3 aliphatic rings. The molecular formula is C32H47FN6O4. The number of hydrogen-bond acceptors (Lipinski definition) is 7. The van der Waals surface area contributed by atoms with E-state index in [2.05, 4.69) is 46.6 Å². The topological polar surface area (TPSA) is 122 Å². The number of hydrogen-bond donors (Lipinski definition) is 3. The molecule has 1 saturated carbocycles. The number of amides is 1. The van der Waals surface area contributed by atoms with Gasteiger partial charge in [-0.05, 0) is 81.4 Å².